The Morgan fingerprint density at radius 2 is 2.04 bits per heavy atom. The quantitative estimate of drug-likeness (QED) is 0.770. The fourth-order valence-electron chi connectivity index (χ4n) is 2.14. The van der Waals surface area contributed by atoms with E-state index in [0.717, 1.165) is 10.4 Å². The summed E-state index contributed by atoms with van der Waals surface area (Å²) < 4.78 is 0. The smallest absolute Gasteiger partial charge is 0.249 e. The van der Waals surface area contributed by atoms with Crippen molar-refractivity contribution >= 4 is 22.4 Å². The van der Waals surface area contributed by atoms with Gasteiger partial charge in [-0.2, -0.15) is 4.80 Å². The summed E-state index contributed by atoms with van der Waals surface area (Å²) in [6.45, 7) is 6.22. The van der Waals surface area contributed by atoms with Gasteiger partial charge in [-0.05, 0) is 23.6 Å². The summed E-state index contributed by atoms with van der Waals surface area (Å²) in [6, 6.07) is 8.04. The average molecular weight is 342 g/mol. The summed E-state index contributed by atoms with van der Waals surface area (Å²) in [5, 5.41) is 15.5. The van der Waals surface area contributed by atoms with E-state index in [1.165, 1.54) is 21.7 Å². The Bertz CT molecular complexity index is 836. The second-order valence-corrected chi connectivity index (χ2v) is 6.98. The monoisotopic (exact) mass is 342 g/mol. The lowest BCUT2D eigenvalue weighted by molar-refractivity contribution is -0.117. The molecule has 0 atom stereocenters. The van der Waals surface area contributed by atoms with E-state index in [9.17, 15) is 4.79 Å². The molecule has 2 aromatic heterocycles. The third-order valence-corrected chi connectivity index (χ3v) is 4.27. The minimum Gasteiger partial charge on any atom is -0.300 e. The van der Waals surface area contributed by atoms with Crippen LogP contribution in [0.2, 0.25) is 0 Å². The number of benzene rings is 1. The lowest BCUT2D eigenvalue weighted by Gasteiger charge is -2.04. The zero-order valence-corrected chi connectivity index (χ0v) is 14.5. The number of rotatable bonds is 5. The first-order chi connectivity index (χ1) is 11.5. The predicted molar refractivity (Wildman–Crippen MR) is 92.8 cm³/mol. The highest BCUT2D eigenvalue weighted by molar-refractivity contribution is 7.15. The van der Waals surface area contributed by atoms with Crippen LogP contribution in [0.25, 0.3) is 11.4 Å². The van der Waals surface area contributed by atoms with Crippen LogP contribution < -0.4 is 5.32 Å². The summed E-state index contributed by atoms with van der Waals surface area (Å²) in [4.78, 5) is 18.4. The average Bonchev–Trinajstić information content (AvgIpc) is 3.16. The molecule has 124 valence electrons. The molecule has 1 amide bonds. The van der Waals surface area contributed by atoms with Crippen LogP contribution in [0, 0.1) is 6.92 Å². The Morgan fingerprint density at radius 1 is 1.29 bits per heavy atom. The Kier molecular flexibility index (Phi) is 4.66. The van der Waals surface area contributed by atoms with Crippen molar-refractivity contribution in [2.24, 2.45) is 0 Å². The molecule has 0 radical (unpaired) electrons. The number of tetrazole rings is 1. The van der Waals surface area contributed by atoms with E-state index in [2.05, 4.69) is 51.7 Å². The number of nitrogens with zero attached hydrogens (tertiary/aromatic N) is 5. The molecule has 24 heavy (non-hydrogen) atoms. The summed E-state index contributed by atoms with van der Waals surface area (Å²) >= 11 is 1.42. The van der Waals surface area contributed by atoms with Gasteiger partial charge in [0.1, 0.15) is 6.54 Å². The summed E-state index contributed by atoms with van der Waals surface area (Å²) in [6.07, 6.45) is 1.72. The maximum absolute atomic E-state index is 12.0. The Balaban J connectivity index is 1.65. The minimum absolute atomic E-state index is 0.00426. The number of nitrogens with one attached hydrogen (secondary N) is 1. The van der Waals surface area contributed by atoms with Crippen molar-refractivity contribution in [1.29, 1.82) is 0 Å². The van der Waals surface area contributed by atoms with Crippen LogP contribution in [0.5, 0.6) is 0 Å². The number of hydrogen-bond acceptors (Lipinski definition) is 6. The second-order valence-electron chi connectivity index (χ2n) is 5.74. The number of aromatic nitrogens is 5. The van der Waals surface area contributed by atoms with E-state index < -0.39 is 0 Å². The third-order valence-electron chi connectivity index (χ3n) is 3.44. The molecule has 3 aromatic rings. The molecule has 0 saturated heterocycles. The number of carbonyl (C=O) groups is 1. The molecule has 0 saturated carbocycles. The standard InChI is InChI=1S/C16H18N6OS/c1-10(2)12-4-6-13(7-5-12)15-19-21-22(20-15)9-14(23)18-16-17-8-11(3)24-16/h4-8,10H,9H2,1-3H3,(H,17,18,23). The lowest BCUT2D eigenvalue weighted by Crippen LogP contribution is -2.20. The first kappa shape index (κ1) is 16.3. The lowest BCUT2D eigenvalue weighted by atomic mass is 10.0. The first-order valence-corrected chi connectivity index (χ1v) is 8.43. The van der Waals surface area contributed by atoms with Gasteiger partial charge in [-0.1, -0.05) is 38.1 Å². The zero-order chi connectivity index (χ0) is 17.1. The number of amides is 1. The van der Waals surface area contributed by atoms with Crippen molar-refractivity contribution in [3.8, 4) is 11.4 Å². The number of hydrogen-bond donors (Lipinski definition) is 1. The Hall–Kier alpha value is -2.61. The topological polar surface area (TPSA) is 85.6 Å². The van der Waals surface area contributed by atoms with E-state index in [-0.39, 0.29) is 12.5 Å². The summed E-state index contributed by atoms with van der Waals surface area (Å²) in [5.74, 6) is 0.743. The molecule has 7 nitrogen and oxygen atoms in total. The molecule has 8 heteroatoms. The van der Waals surface area contributed by atoms with E-state index in [1.807, 2.05) is 19.1 Å². The van der Waals surface area contributed by atoms with E-state index in [4.69, 9.17) is 0 Å². The minimum atomic E-state index is -0.233. The van der Waals surface area contributed by atoms with Crippen molar-refractivity contribution in [3.05, 3.63) is 40.9 Å². The second kappa shape index (κ2) is 6.88. The highest BCUT2D eigenvalue weighted by Crippen LogP contribution is 2.19. The highest BCUT2D eigenvalue weighted by atomic mass is 32.1. The van der Waals surface area contributed by atoms with Gasteiger partial charge in [0.25, 0.3) is 0 Å². The normalized spacial score (nSPS) is 11.0. The largest absolute Gasteiger partial charge is 0.300 e. The molecule has 2 heterocycles. The van der Waals surface area contributed by atoms with Gasteiger partial charge in [-0.3, -0.25) is 4.79 Å². The molecule has 0 aliphatic rings. The van der Waals surface area contributed by atoms with Crippen LogP contribution >= 0.6 is 11.3 Å². The van der Waals surface area contributed by atoms with Crippen molar-refractivity contribution in [1.82, 2.24) is 25.2 Å². The van der Waals surface area contributed by atoms with Gasteiger partial charge in [-0.15, -0.1) is 21.5 Å². The fraction of sp³-hybridized carbons (Fsp3) is 0.312. The van der Waals surface area contributed by atoms with Crippen LogP contribution in [0.15, 0.2) is 30.5 Å². The van der Waals surface area contributed by atoms with E-state index >= 15 is 0 Å². The van der Waals surface area contributed by atoms with Crippen molar-refractivity contribution in [2.45, 2.75) is 33.2 Å². The van der Waals surface area contributed by atoms with Crippen LogP contribution in [0.3, 0.4) is 0 Å². The Labute approximate surface area is 143 Å². The van der Waals surface area contributed by atoms with Gasteiger partial charge in [0.2, 0.25) is 11.7 Å². The Morgan fingerprint density at radius 3 is 2.67 bits per heavy atom. The van der Waals surface area contributed by atoms with E-state index in [0.29, 0.717) is 16.9 Å². The molecule has 1 N–H and O–H groups in total. The number of aryl methyl sites for hydroxylation is 1. The van der Waals surface area contributed by atoms with Gasteiger partial charge in [-0.25, -0.2) is 4.98 Å². The molecule has 1 aromatic carbocycles. The molecule has 3 rings (SSSR count). The van der Waals surface area contributed by atoms with Crippen molar-refractivity contribution in [2.75, 3.05) is 5.32 Å². The van der Waals surface area contributed by atoms with Crippen LogP contribution in [0.4, 0.5) is 5.13 Å². The molecular weight excluding hydrogens is 324 g/mol. The molecule has 0 fully saturated rings. The third kappa shape index (κ3) is 3.83. The molecule has 0 aliphatic carbocycles. The molecule has 0 spiro atoms. The van der Waals surface area contributed by atoms with Crippen LogP contribution in [-0.2, 0) is 11.3 Å². The van der Waals surface area contributed by atoms with Crippen LogP contribution in [0.1, 0.15) is 30.2 Å². The highest BCUT2D eigenvalue weighted by Gasteiger charge is 2.11. The molecular formula is C16H18N6OS. The molecule has 0 unspecified atom stereocenters. The number of thiazole rings is 1. The number of carbonyl (C=O) groups excluding carboxylic acids is 1. The predicted octanol–water partition coefficient (Wildman–Crippen LogP) is 2.87. The first-order valence-electron chi connectivity index (χ1n) is 7.61. The van der Waals surface area contributed by atoms with E-state index in [1.54, 1.807) is 6.20 Å². The van der Waals surface area contributed by atoms with Gasteiger partial charge in [0, 0.05) is 16.6 Å². The zero-order valence-electron chi connectivity index (χ0n) is 13.7. The maximum Gasteiger partial charge on any atom is 0.249 e. The van der Waals surface area contributed by atoms with Crippen molar-refractivity contribution < 1.29 is 4.79 Å². The van der Waals surface area contributed by atoms with Gasteiger partial charge < -0.3 is 5.32 Å². The van der Waals surface area contributed by atoms with Gasteiger partial charge in [0.15, 0.2) is 5.13 Å². The molecule has 0 bridgehead atoms. The summed E-state index contributed by atoms with van der Waals surface area (Å²) in [5.41, 5.74) is 2.13. The molecule has 0 aliphatic heterocycles. The maximum atomic E-state index is 12.0. The van der Waals surface area contributed by atoms with Crippen LogP contribution in [-0.4, -0.2) is 31.1 Å². The van der Waals surface area contributed by atoms with Gasteiger partial charge in [0.05, 0.1) is 0 Å². The van der Waals surface area contributed by atoms with Crippen molar-refractivity contribution in [3.63, 3.8) is 0 Å². The summed E-state index contributed by atoms with van der Waals surface area (Å²) in [7, 11) is 0. The van der Waals surface area contributed by atoms with Gasteiger partial charge >= 0.3 is 0 Å². The SMILES string of the molecule is Cc1cnc(NC(=O)Cn2nnc(-c3ccc(C(C)C)cc3)n2)s1. The number of anilines is 1. The fourth-order valence-corrected chi connectivity index (χ4v) is 2.82.